The fraction of sp³-hybridized carbons (Fsp3) is 0.0909. The van der Waals surface area contributed by atoms with Crippen LogP contribution in [0.15, 0.2) is 73.1 Å². The van der Waals surface area contributed by atoms with E-state index >= 15 is 0 Å². The van der Waals surface area contributed by atoms with Crippen molar-refractivity contribution in [3.05, 3.63) is 83.6 Å². The molecule has 4 aromatic rings. The number of aromatic amines is 1. The van der Waals surface area contributed by atoms with Crippen molar-refractivity contribution >= 4 is 34.4 Å². The number of anilines is 1. The third kappa shape index (κ3) is 2.90. The SMILES string of the molecule is O=C1NCC(c2ccc(-c3cccc(Cl)c3)cc2)N1c1ccc2[nH]cnc2c1. The third-order valence-electron chi connectivity index (χ3n) is 5.11. The van der Waals surface area contributed by atoms with Crippen LogP contribution in [0.2, 0.25) is 5.02 Å². The molecule has 1 fully saturated rings. The van der Waals surface area contributed by atoms with Crippen LogP contribution < -0.4 is 10.2 Å². The second-order valence-corrected chi connectivity index (χ2v) is 7.24. The summed E-state index contributed by atoms with van der Waals surface area (Å²) in [4.78, 5) is 21.7. The fourth-order valence-electron chi connectivity index (χ4n) is 3.70. The van der Waals surface area contributed by atoms with Gasteiger partial charge in [0, 0.05) is 17.3 Å². The van der Waals surface area contributed by atoms with Gasteiger partial charge >= 0.3 is 6.03 Å². The number of H-pyrrole nitrogens is 1. The number of nitrogens with zero attached hydrogens (tertiary/aromatic N) is 2. The normalized spacial score (nSPS) is 16.5. The van der Waals surface area contributed by atoms with Crippen LogP contribution in [-0.2, 0) is 0 Å². The van der Waals surface area contributed by atoms with E-state index in [1.165, 1.54) is 0 Å². The summed E-state index contributed by atoms with van der Waals surface area (Å²) < 4.78 is 0. The van der Waals surface area contributed by atoms with E-state index in [-0.39, 0.29) is 12.1 Å². The first-order valence-electron chi connectivity index (χ1n) is 9.05. The molecule has 0 spiro atoms. The van der Waals surface area contributed by atoms with Crippen LogP contribution >= 0.6 is 11.6 Å². The molecule has 6 heteroatoms. The zero-order chi connectivity index (χ0) is 19.1. The van der Waals surface area contributed by atoms with Crippen LogP contribution in [0.5, 0.6) is 0 Å². The molecule has 28 heavy (non-hydrogen) atoms. The van der Waals surface area contributed by atoms with Gasteiger partial charge in [0.25, 0.3) is 0 Å². The zero-order valence-electron chi connectivity index (χ0n) is 14.9. The highest BCUT2D eigenvalue weighted by Gasteiger charge is 2.33. The van der Waals surface area contributed by atoms with Gasteiger partial charge in [-0.25, -0.2) is 9.78 Å². The highest BCUT2D eigenvalue weighted by molar-refractivity contribution is 6.30. The highest BCUT2D eigenvalue weighted by atomic mass is 35.5. The van der Waals surface area contributed by atoms with Gasteiger partial charge in [0.2, 0.25) is 0 Å². The van der Waals surface area contributed by atoms with Crippen LogP contribution in [0.3, 0.4) is 0 Å². The van der Waals surface area contributed by atoms with Gasteiger partial charge < -0.3 is 10.3 Å². The minimum atomic E-state index is -0.0983. The van der Waals surface area contributed by atoms with E-state index in [1.807, 2.05) is 42.5 Å². The van der Waals surface area contributed by atoms with E-state index in [9.17, 15) is 4.79 Å². The maximum absolute atomic E-state index is 12.5. The number of rotatable bonds is 3. The first-order valence-corrected chi connectivity index (χ1v) is 9.43. The predicted molar refractivity (Wildman–Crippen MR) is 112 cm³/mol. The Hall–Kier alpha value is -3.31. The highest BCUT2D eigenvalue weighted by Crippen LogP contribution is 2.33. The van der Waals surface area contributed by atoms with Gasteiger partial charge in [-0.2, -0.15) is 0 Å². The average molecular weight is 389 g/mol. The predicted octanol–water partition coefficient (Wildman–Crippen LogP) is 5.15. The van der Waals surface area contributed by atoms with E-state index in [0.29, 0.717) is 11.6 Å². The Kier molecular flexibility index (Phi) is 4.02. The summed E-state index contributed by atoms with van der Waals surface area (Å²) in [7, 11) is 0. The Labute approximate surface area is 167 Å². The Morgan fingerprint density at radius 3 is 2.68 bits per heavy atom. The van der Waals surface area contributed by atoms with Crippen molar-refractivity contribution in [3.63, 3.8) is 0 Å². The zero-order valence-corrected chi connectivity index (χ0v) is 15.6. The number of urea groups is 1. The largest absolute Gasteiger partial charge is 0.345 e. The van der Waals surface area contributed by atoms with Gasteiger partial charge in [-0.3, -0.25) is 4.90 Å². The molecule has 1 saturated heterocycles. The molecule has 0 radical (unpaired) electrons. The van der Waals surface area contributed by atoms with Crippen LogP contribution in [0.4, 0.5) is 10.5 Å². The molecule has 1 unspecified atom stereocenters. The van der Waals surface area contributed by atoms with Gasteiger partial charge in [-0.05, 0) is 47.0 Å². The number of hydrogen-bond donors (Lipinski definition) is 2. The molecular formula is C22H17ClN4O. The van der Waals surface area contributed by atoms with Crippen LogP contribution in [-0.4, -0.2) is 22.5 Å². The van der Waals surface area contributed by atoms with Crippen LogP contribution in [0, 0.1) is 0 Å². The molecular weight excluding hydrogens is 372 g/mol. The molecule has 2 heterocycles. The number of hydrogen-bond acceptors (Lipinski definition) is 2. The molecule has 5 rings (SSSR count). The summed E-state index contributed by atoms with van der Waals surface area (Å²) in [5.41, 5.74) is 5.86. The number of benzene rings is 3. The minimum absolute atomic E-state index is 0.0719. The Morgan fingerprint density at radius 2 is 1.86 bits per heavy atom. The van der Waals surface area contributed by atoms with Crippen LogP contribution in [0.1, 0.15) is 11.6 Å². The average Bonchev–Trinajstić information content (AvgIpc) is 3.34. The van der Waals surface area contributed by atoms with E-state index in [1.54, 1.807) is 11.2 Å². The molecule has 1 aliphatic heterocycles. The van der Waals surface area contributed by atoms with Gasteiger partial charge in [-0.15, -0.1) is 0 Å². The quantitative estimate of drug-likeness (QED) is 0.509. The molecule has 2 amide bonds. The molecule has 2 N–H and O–H groups in total. The van der Waals surface area contributed by atoms with Crippen molar-refractivity contribution < 1.29 is 4.79 Å². The van der Waals surface area contributed by atoms with E-state index in [0.717, 1.165) is 33.4 Å². The Morgan fingerprint density at radius 1 is 1.00 bits per heavy atom. The molecule has 1 atom stereocenters. The van der Waals surface area contributed by atoms with Crippen LogP contribution in [0.25, 0.3) is 22.2 Å². The molecule has 0 aliphatic carbocycles. The molecule has 0 bridgehead atoms. The number of amides is 2. The minimum Gasteiger partial charge on any atom is -0.345 e. The summed E-state index contributed by atoms with van der Waals surface area (Å²) in [6, 6.07) is 21.7. The summed E-state index contributed by atoms with van der Waals surface area (Å²) in [5, 5.41) is 3.67. The lowest BCUT2D eigenvalue weighted by Crippen LogP contribution is -2.29. The molecule has 5 nitrogen and oxygen atoms in total. The number of fused-ring (bicyclic) bond motifs is 1. The lowest BCUT2D eigenvalue weighted by atomic mass is 10.00. The number of imidazole rings is 1. The lowest BCUT2D eigenvalue weighted by Gasteiger charge is -2.23. The first-order chi connectivity index (χ1) is 13.7. The van der Waals surface area contributed by atoms with E-state index in [2.05, 4.69) is 39.6 Å². The van der Waals surface area contributed by atoms with Crippen molar-refractivity contribution in [1.82, 2.24) is 15.3 Å². The molecule has 1 aliphatic rings. The van der Waals surface area contributed by atoms with E-state index in [4.69, 9.17) is 11.6 Å². The maximum atomic E-state index is 12.5. The van der Waals surface area contributed by atoms with Crippen molar-refractivity contribution in [3.8, 4) is 11.1 Å². The molecule has 0 saturated carbocycles. The fourth-order valence-corrected chi connectivity index (χ4v) is 3.89. The monoisotopic (exact) mass is 388 g/mol. The van der Waals surface area contributed by atoms with Crippen molar-refractivity contribution in [2.24, 2.45) is 0 Å². The number of nitrogens with one attached hydrogen (secondary N) is 2. The third-order valence-corrected chi connectivity index (χ3v) is 5.35. The lowest BCUT2D eigenvalue weighted by molar-refractivity contribution is 0.251. The number of carbonyl (C=O) groups is 1. The Balaban J connectivity index is 1.48. The van der Waals surface area contributed by atoms with Gasteiger partial charge in [0.05, 0.1) is 23.4 Å². The van der Waals surface area contributed by atoms with Gasteiger partial charge in [0.1, 0.15) is 0 Å². The van der Waals surface area contributed by atoms with Gasteiger partial charge in [0.15, 0.2) is 0 Å². The van der Waals surface area contributed by atoms with Crippen molar-refractivity contribution in [1.29, 1.82) is 0 Å². The number of carbonyl (C=O) groups excluding carboxylic acids is 1. The van der Waals surface area contributed by atoms with Crippen molar-refractivity contribution in [2.45, 2.75) is 6.04 Å². The van der Waals surface area contributed by atoms with E-state index < -0.39 is 0 Å². The summed E-state index contributed by atoms with van der Waals surface area (Å²) in [6.45, 7) is 0.563. The standard InChI is InChI=1S/C22H17ClN4O/c23-17-3-1-2-16(10-17)14-4-6-15(7-5-14)21-12-24-22(28)27(21)18-8-9-19-20(11-18)26-13-25-19/h1-11,13,21H,12H2,(H,24,28)(H,25,26). The molecule has 1 aromatic heterocycles. The second-order valence-electron chi connectivity index (χ2n) is 6.81. The maximum Gasteiger partial charge on any atom is 0.322 e. The molecule has 3 aromatic carbocycles. The number of halogens is 1. The summed E-state index contributed by atoms with van der Waals surface area (Å²) >= 11 is 6.11. The molecule has 138 valence electrons. The Bertz CT molecular complexity index is 1170. The number of aromatic nitrogens is 2. The smallest absolute Gasteiger partial charge is 0.322 e. The second kappa shape index (κ2) is 6.69. The first kappa shape index (κ1) is 16.8. The summed E-state index contributed by atoms with van der Waals surface area (Å²) in [5.74, 6) is 0. The topological polar surface area (TPSA) is 61.0 Å². The van der Waals surface area contributed by atoms with Gasteiger partial charge in [-0.1, -0.05) is 48.0 Å². The van der Waals surface area contributed by atoms with Crippen molar-refractivity contribution in [2.75, 3.05) is 11.4 Å². The summed E-state index contributed by atoms with van der Waals surface area (Å²) in [6.07, 6.45) is 1.66.